The van der Waals surface area contributed by atoms with E-state index in [0.29, 0.717) is 5.56 Å². The molecule has 0 aliphatic carbocycles. The largest absolute Gasteiger partial charge is 0.366 e. The molecule has 3 nitrogen and oxygen atoms in total. The van der Waals surface area contributed by atoms with Crippen LogP contribution in [0.4, 0.5) is 0 Å². The van der Waals surface area contributed by atoms with Crippen LogP contribution in [0.25, 0.3) is 0 Å². The van der Waals surface area contributed by atoms with Gasteiger partial charge in [-0.15, -0.1) is 0 Å². The number of hydrogen-bond acceptors (Lipinski definition) is 2. The Kier molecular flexibility index (Phi) is 4.93. The van der Waals surface area contributed by atoms with Crippen molar-refractivity contribution in [1.82, 2.24) is 5.32 Å². The summed E-state index contributed by atoms with van der Waals surface area (Å²) in [6, 6.07) is 15.9. The van der Waals surface area contributed by atoms with E-state index >= 15 is 0 Å². The van der Waals surface area contributed by atoms with E-state index in [2.05, 4.69) is 40.3 Å². The number of rotatable bonds is 5. The number of halogens is 1. The van der Waals surface area contributed by atoms with Gasteiger partial charge in [-0.05, 0) is 42.3 Å². The maximum absolute atomic E-state index is 11.0. The molecule has 2 aromatic carbocycles. The maximum atomic E-state index is 11.0. The molecule has 4 heteroatoms. The second kappa shape index (κ2) is 6.68. The Balaban J connectivity index is 1.94. The minimum absolute atomic E-state index is 0.263. The normalized spacial score (nSPS) is 12.1. The van der Waals surface area contributed by atoms with E-state index in [4.69, 9.17) is 5.73 Å². The average molecular weight is 333 g/mol. The van der Waals surface area contributed by atoms with Gasteiger partial charge in [0, 0.05) is 22.6 Å². The van der Waals surface area contributed by atoms with Gasteiger partial charge in [-0.3, -0.25) is 4.79 Å². The minimum atomic E-state index is -0.396. The molecule has 0 radical (unpaired) electrons. The van der Waals surface area contributed by atoms with Crippen molar-refractivity contribution in [3.8, 4) is 0 Å². The molecule has 0 spiro atoms. The zero-order valence-electron chi connectivity index (χ0n) is 11.3. The van der Waals surface area contributed by atoms with Gasteiger partial charge >= 0.3 is 0 Å². The standard InChI is InChI=1S/C16H17BrN2O/c1-11(13-6-8-15(17)9-7-13)19-10-12-2-4-14(5-3-12)16(18)20/h2-9,11,19H,10H2,1H3,(H2,18,20). The van der Waals surface area contributed by atoms with Gasteiger partial charge in [0.15, 0.2) is 0 Å². The third kappa shape index (κ3) is 3.92. The summed E-state index contributed by atoms with van der Waals surface area (Å²) in [7, 11) is 0. The molecular formula is C16H17BrN2O. The molecule has 0 saturated carbocycles. The van der Waals surface area contributed by atoms with Crippen molar-refractivity contribution in [2.45, 2.75) is 19.5 Å². The first-order valence-electron chi connectivity index (χ1n) is 6.44. The second-order valence-electron chi connectivity index (χ2n) is 4.72. The number of carbonyl (C=O) groups is 1. The van der Waals surface area contributed by atoms with Crippen molar-refractivity contribution < 1.29 is 4.79 Å². The lowest BCUT2D eigenvalue weighted by Gasteiger charge is -2.14. The van der Waals surface area contributed by atoms with Gasteiger partial charge in [-0.2, -0.15) is 0 Å². The molecule has 0 aliphatic rings. The van der Waals surface area contributed by atoms with Gasteiger partial charge in [0.05, 0.1) is 0 Å². The molecule has 0 heterocycles. The van der Waals surface area contributed by atoms with Gasteiger partial charge < -0.3 is 11.1 Å². The maximum Gasteiger partial charge on any atom is 0.248 e. The quantitative estimate of drug-likeness (QED) is 0.881. The minimum Gasteiger partial charge on any atom is -0.366 e. The van der Waals surface area contributed by atoms with Crippen LogP contribution >= 0.6 is 15.9 Å². The third-order valence-electron chi connectivity index (χ3n) is 3.22. The summed E-state index contributed by atoms with van der Waals surface area (Å²) in [5.41, 5.74) is 8.11. The van der Waals surface area contributed by atoms with Gasteiger partial charge in [0.2, 0.25) is 5.91 Å². The van der Waals surface area contributed by atoms with Crippen LogP contribution in [0.2, 0.25) is 0 Å². The molecule has 104 valence electrons. The first-order valence-corrected chi connectivity index (χ1v) is 7.23. The van der Waals surface area contributed by atoms with E-state index in [-0.39, 0.29) is 6.04 Å². The lowest BCUT2D eigenvalue weighted by Crippen LogP contribution is -2.18. The summed E-state index contributed by atoms with van der Waals surface area (Å²) in [6.07, 6.45) is 0. The summed E-state index contributed by atoms with van der Waals surface area (Å²) in [5, 5.41) is 3.45. The van der Waals surface area contributed by atoms with Crippen molar-refractivity contribution in [3.63, 3.8) is 0 Å². The first-order chi connectivity index (χ1) is 9.56. The Bertz CT molecular complexity index is 578. The zero-order valence-corrected chi connectivity index (χ0v) is 12.9. The second-order valence-corrected chi connectivity index (χ2v) is 5.63. The van der Waals surface area contributed by atoms with Crippen LogP contribution in [0, 0.1) is 0 Å². The molecule has 0 saturated heterocycles. The fourth-order valence-corrected chi connectivity index (χ4v) is 2.19. The summed E-state index contributed by atoms with van der Waals surface area (Å²) >= 11 is 3.43. The van der Waals surface area contributed by atoms with Crippen molar-refractivity contribution >= 4 is 21.8 Å². The summed E-state index contributed by atoms with van der Waals surface area (Å²) in [4.78, 5) is 11.0. The number of primary amides is 1. The van der Waals surface area contributed by atoms with Crippen molar-refractivity contribution in [1.29, 1.82) is 0 Å². The number of hydrogen-bond donors (Lipinski definition) is 2. The Morgan fingerprint density at radius 3 is 2.30 bits per heavy atom. The predicted octanol–water partition coefficient (Wildman–Crippen LogP) is 3.40. The molecule has 2 aromatic rings. The van der Waals surface area contributed by atoms with Gasteiger partial charge in [-0.1, -0.05) is 40.2 Å². The summed E-state index contributed by atoms with van der Waals surface area (Å²) in [6.45, 7) is 2.87. The van der Waals surface area contributed by atoms with E-state index in [0.717, 1.165) is 16.6 Å². The lowest BCUT2D eigenvalue weighted by atomic mass is 10.1. The van der Waals surface area contributed by atoms with E-state index in [9.17, 15) is 4.79 Å². The molecule has 2 rings (SSSR count). The number of benzene rings is 2. The van der Waals surface area contributed by atoms with E-state index < -0.39 is 5.91 Å². The van der Waals surface area contributed by atoms with E-state index in [1.165, 1.54) is 5.56 Å². The molecule has 0 aliphatic heterocycles. The molecule has 20 heavy (non-hydrogen) atoms. The Morgan fingerprint density at radius 2 is 1.75 bits per heavy atom. The van der Waals surface area contributed by atoms with Crippen LogP contribution < -0.4 is 11.1 Å². The molecule has 0 fully saturated rings. The highest BCUT2D eigenvalue weighted by atomic mass is 79.9. The van der Waals surface area contributed by atoms with Crippen LogP contribution in [0.3, 0.4) is 0 Å². The molecule has 1 amide bonds. The van der Waals surface area contributed by atoms with Crippen LogP contribution in [0.1, 0.15) is 34.5 Å². The molecule has 1 atom stereocenters. The SMILES string of the molecule is CC(NCc1ccc(C(N)=O)cc1)c1ccc(Br)cc1. The Morgan fingerprint density at radius 1 is 1.15 bits per heavy atom. The van der Waals surface area contributed by atoms with E-state index in [1.807, 2.05) is 24.3 Å². The topological polar surface area (TPSA) is 55.1 Å². The van der Waals surface area contributed by atoms with Crippen molar-refractivity contribution in [3.05, 3.63) is 69.7 Å². The smallest absolute Gasteiger partial charge is 0.248 e. The fourth-order valence-electron chi connectivity index (χ4n) is 1.93. The van der Waals surface area contributed by atoms with Crippen LogP contribution in [0.5, 0.6) is 0 Å². The number of carbonyl (C=O) groups excluding carboxylic acids is 1. The highest BCUT2D eigenvalue weighted by Crippen LogP contribution is 2.17. The van der Waals surface area contributed by atoms with Gasteiger partial charge in [-0.25, -0.2) is 0 Å². The number of amides is 1. The summed E-state index contributed by atoms with van der Waals surface area (Å²) < 4.78 is 1.08. The van der Waals surface area contributed by atoms with Crippen LogP contribution in [-0.2, 0) is 6.54 Å². The number of nitrogens with one attached hydrogen (secondary N) is 1. The Labute approximate surface area is 127 Å². The lowest BCUT2D eigenvalue weighted by molar-refractivity contribution is 0.100. The molecule has 0 aromatic heterocycles. The van der Waals surface area contributed by atoms with Gasteiger partial charge in [0.1, 0.15) is 0 Å². The zero-order chi connectivity index (χ0) is 14.5. The number of nitrogens with two attached hydrogens (primary N) is 1. The molecule has 0 bridgehead atoms. The summed E-state index contributed by atoms with van der Waals surface area (Å²) in [5.74, 6) is -0.396. The molecular weight excluding hydrogens is 316 g/mol. The third-order valence-corrected chi connectivity index (χ3v) is 3.75. The predicted molar refractivity (Wildman–Crippen MR) is 84.4 cm³/mol. The molecule has 3 N–H and O–H groups in total. The van der Waals surface area contributed by atoms with Crippen molar-refractivity contribution in [2.24, 2.45) is 5.73 Å². The average Bonchev–Trinajstić information content (AvgIpc) is 2.46. The van der Waals surface area contributed by atoms with Gasteiger partial charge in [0.25, 0.3) is 0 Å². The van der Waals surface area contributed by atoms with Crippen molar-refractivity contribution in [2.75, 3.05) is 0 Å². The highest BCUT2D eigenvalue weighted by Gasteiger charge is 2.05. The van der Waals surface area contributed by atoms with E-state index in [1.54, 1.807) is 12.1 Å². The fraction of sp³-hybridized carbons (Fsp3) is 0.188. The highest BCUT2D eigenvalue weighted by molar-refractivity contribution is 9.10. The monoisotopic (exact) mass is 332 g/mol. The van der Waals surface area contributed by atoms with Crippen LogP contribution in [-0.4, -0.2) is 5.91 Å². The van der Waals surface area contributed by atoms with Crippen LogP contribution in [0.15, 0.2) is 53.0 Å². The Hall–Kier alpha value is -1.65. The molecule has 1 unspecified atom stereocenters. The first kappa shape index (κ1) is 14.8.